The average Bonchev–Trinajstić information content (AvgIpc) is 3.08. The lowest BCUT2D eigenvalue weighted by molar-refractivity contribution is 0.0256. The Bertz CT molecular complexity index is 1090. The van der Waals surface area contributed by atoms with Gasteiger partial charge in [-0.3, -0.25) is 4.99 Å². The number of rotatable bonds is 3. The van der Waals surface area contributed by atoms with Gasteiger partial charge in [-0.15, -0.1) is 0 Å². The van der Waals surface area contributed by atoms with E-state index in [0.717, 1.165) is 28.1 Å². The van der Waals surface area contributed by atoms with Crippen LogP contribution in [-0.2, 0) is 16.1 Å². The molecule has 1 atom stereocenters. The quantitative estimate of drug-likeness (QED) is 0.735. The molecule has 2 aromatic carbocycles. The lowest BCUT2D eigenvalue weighted by Gasteiger charge is -2.32. The third-order valence-corrected chi connectivity index (χ3v) is 5.17. The molecule has 2 aromatic rings. The van der Waals surface area contributed by atoms with Gasteiger partial charge in [-0.25, -0.2) is 9.59 Å². The van der Waals surface area contributed by atoms with E-state index >= 15 is 0 Å². The van der Waals surface area contributed by atoms with Crippen molar-refractivity contribution >= 4 is 17.6 Å². The van der Waals surface area contributed by atoms with Crippen molar-refractivity contribution in [1.82, 2.24) is 4.90 Å². The number of hydrogen-bond donors (Lipinski definition) is 0. The second-order valence-electron chi connectivity index (χ2n) is 8.65. The number of likely N-dealkylation sites (tertiary alicyclic amines) is 1. The van der Waals surface area contributed by atoms with Gasteiger partial charge in [-0.1, -0.05) is 30.3 Å². The SMILES string of the molecule is CC(C)(C)OC(=O)N1CCC2N=c3ccc(C(=O)OCc4ccccc4)cc3=C2C1. The predicted octanol–water partition coefficient (Wildman–Crippen LogP) is 2.84. The summed E-state index contributed by atoms with van der Waals surface area (Å²) in [5, 5.41) is 1.78. The smallest absolute Gasteiger partial charge is 0.410 e. The van der Waals surface area contributed by atoms with Gasteiger partial charge in [0.1, 0.15) is 12.2 Å². The Morgan fingerprint density at radius 2 is 1.90 bits per heavy atom. The minimum atomic E-state index is -0.535. The Hall–Kier alpha value is -3.15. The first kappa shape index (κ1) is 20.1. The Labute approximate surface area is 175 Å². The molecule has 0 bridgehead atoms. The maximum absolute atomic E-state index is 12.6. The number of piperidine rings is 1. The van der Waals surface area contributed by atoms with Crippen molar-refractivity contribution in [3.8, 4) is 0 Å². The fourth-order valence-corrected chi connectivity index (χ4v) is 3.74. The molecular formula is C24H26N2O4. The lowest BCUT2D eigenvalue weighted by atomic mass is 9.98. The molecule has 1 amide bonds. The van der Waals surface area contributed by atoms with E-state index < -0.39 is 5.60 Å². The molecule has 0 aliphatic carbocycles. The maximum Gasteiger partial charge on any atom is 0.410 e. The van der Waals surface area contributed by atoms with Crippen LogP contribution in [0.15, 0.2) is 53.5 Å². The summed E-state index contributed by atoms with van der Waals surface area (Å²) in [7, 11) is 0. The van der Waals surface area contributed by atoms with Crippen molar-refractivity contribution in [2.24, 2.45) is 4.99 Å². The number of nitrogens with zero attached hydrogens (tertiary/aromatic N) is 2. The molecule has 156 valence electrons. The second-order valence-corrected chi connectivity index (χ2v) is 8.65. The molecule has 1 saturated heterocycles. The Balaban J connectivity index is 1.54. The zero-order valence-electron chi connectivity index (χ0n) is 17.6. The highest BCUT2D eigenvalue weighted by molar-refractivity contribution is 5.89. The van der Waals surface area contributed by atoms with Gasteiger partial charge in [0.2, 0.25) is 0 Å². The summed E-state index contributed by atoms with van der Waals surface area (Å²) in [4.78, 5) is 31.5. The Kier molecular flexibility index (Phi) is 5.33. The first-order valence-corrected chi connectivity index (χ1v) is 10.2. The van der Waals surface area contributed by atoms with Gasteiger partial charge in [-0.05, 0) is 56.5 Å². The van der Waals surface area contributed by atoms with Gasteiger partial charge >= 0.3 is 12.1 Å². The first-order valence-electron chi connectivity index (χ1n) is 10.2. The van der Waals surface area contributed by atoms with E-state index in [4.69, 9.17) is 14.5 Å². The van der Waals surface area contributed by atoms with Crippen LogP contribution in [0.5, 0.6) is 0 Å². The van der Waals surface area contributed by atoms with E-state index in [1.54, 1.807) is 11.0 Å². The number of amides is 1. The normalized spacial score (nSPS) is 17.6. The van der Waals surface area contributed by atoms with Gasteiger partial charge in [0.25, 0.3) is 0 Å². The summed E-state index contributed by atoms with van der Waals surface area (Å²) < 4.78 is 11.0. The Morgan fingerprint density at radius 1 is 1.13 bits per heavy atom. The van der Waals surface area contributed by atoms with Crippen molar-refractivity contribution in [2.75, 3.05) is 13.1 Å². The van der Waals surface area contributed by atoms with Crippen LogP contribution in [0, 0.1) is 0 Å². The van der Waals surface area contributed by atoms with Crippen molar-refractivity contribution in [3.05, 3.63) is 70.2 Å². The third-order valence-electron chi connectivity index (χ3n) is 5.17. The molecule has 1 fully saturated rings. The summed E-state index contributed by atoms with van der Waals surface area (Å²) in [5.74, 6) is -0.370. The summed E-state index contributed by atoms with van der Waals surface area (Å²) in [6.45, 7) is 6.87. The number of hydrogen-bond acceptors (Lipinski definition) is 5. The summed E-state index contributed by atoms with van der Waals surface area (Å²) in [6.07, 6.45) is 0.428. The molecule has 0 N–H and O–H groups in total. The van der Waals surface area contributed by atoms with Gasteiger partial charge in [0, 0.05) is 18.3 Å². The zero-order chi connectivity index (χ0) is 21.3. The molecule has 0 spiro atoms. The van der Waals surface area contributed by atoms with E-state index in [-0.39, 0.29) is 24.7 Å². The second kappa shape index (κ2) is 7.94. The van der Waals surface area contributed by atoms with Crippen LogP contribution < -0.4 is 10.6 Å². The molecule has 0 saturated carbocycles. The minimum absolute atomic E-state index is 0.0503. The molecule has 4 rings (SSSR count). The molecule has 0 radical (unpaired) electrons. The number of esters is 1. The molecule has 2 aliphatic heterocycles. The lowest BCUT2D eigenvalue weighted by Crippen LogP contribution is -2.44. The van der Waals surface area contributed by atoms with Crippen LogP contribution in [0.3, 0.4) is 0 Å². The van der Waals surface area contributed by atoms with Crippen LogP contribution in [0.2, 0.25) is 0 Å². The van der Waals surface area contributed by atoms with Crippen LogP contribution in [0.4, 0.5) is 4.79 Å². The summed E-state index contributed by atoms with van der Waals surface area (Å²) in [6, 6.07) is 15.1. The number of ether oxygens (including phenoxy) is 2. The predicted molar refractivity (Wildman–Crippen MR) is 112 cm³/mol. The number of carbonyl (C=O) groups excluding carboxylic acids is 2. The molecular weight excluding hydrogens is 380 g/mol. The van der Waals surface area contributed by atoms with Crippen molar-refractivity contribution in [3.63, 3.8) is 0 Å². The highest BCUT2D eigenvalue weighted by Crippen LogP contribution is 2.23. The molecule has 6 heteroatoms. The maximum atomic E-state index is 12.6. The number of fused-ring (bicyclic) bond motifs is 2. The Morgan fingerprint density at radius 3 is 2.63 bits per heavy atom. The van der Waals surface area contributed by atoms with Crippen LogP contribution in [0.1, 0.15) is 43.1 Å². The highest BCUT2D eigenvalue weighted by Gasteiger charge is 2.32. The fourth-order valence-electron chi connectivity index (χ4n) is 3.74. The number of carbonyl (C=O) groups is 2. The largest absolute Gasteiger partial charge is 0.457 e. The summed E-state index contributed by atoms with van der Waals surface area (Å²) in [5.41, 5.74) is 1.95. The van der Waals surface area contributed by atoms with Crippen molar-refractivity contribution < 1.29 is 19.1 Å². The first-order chi connectivity index (χ1) is 14.3. The molecule has 0 aromatic heterocycles. The van der Waals surface area contributed by atoms with Crippen LogP contribution in [0.25, 0.3) is 5.57 Å². The molecule has 1 unspecified atom stereocenters. The van der Waals surface area contributed by atoms with Gasteiger partial charge in [0.15, 0.2) is 0 Å². The van der Waals surface area contributed by atoms with E-state index in [9.17, 15) is 9.59 Å². The third kappa shape index (κ3) is 4.37. The molecule has 6 nitrogen and oxygen atoms in total. The van der Waals surface area contributed by atoms with E-state index in [2.05, 4.69) is 0 Å². The highest BCUT2D eigenvalue weighted by atomic mass is 16.6. The van der Waals surface area contributed by atoms with Gasteiger partial charge < -0.3 is 14.4 Å². The van der Waals surface area contributed by atoms with Crippen LogP contribution >= 0.6 is 0 Å². The molecule has 2 aliphatic rings. The van der Waals surface area contributed by atoms with Crippen LogP contribution in [-0.4, -0.2) is 41.7 Å². The fraction of sp³-hybridized carbons (Fsp3) is 0.375. The average molecular weight is 406 g/mol. The van der Waals surface area contributed by atoms with Crippen molar-refractivity contribution in [1.29, 1.82) is 0 Å². The summed E-state index contributed by atoms with van der Waals surface area (Å²) >= 11 is 0. The number of benzene rings is 2. The minimum Gasteiger partial charge on any atom is -0.457 e. The van der Waals surface area contributed by atoms with E-state index in [0.29, 0.717) is 18.7 Å². The van der Waals surface area contributed by atoms with E-state index in [1.165, 1.54) is 0 Å². The molecule has 30 heavy (non-hydrogen) atoms. The molecule has 2 heterocycles. The van der Waals surface area contributed by atoms with E-state index in [1.807, 2.05) is 63.2 Å². The van der Waals surface area contributed by atoms with Crippen molar-refractivity contribution in [2.45, 2.75) is 45.4 Å². The van der Waals surface area contributed by atoms with Gasteiger partial charge in [-0.2, -0.15) is 0 Å². The van der Waals surface area contributed by atoms with Gasteiger partial charge in [0.05, 0.1) is 17.0 Å². The zero-order valence-corrected chi connectivity index (χ0v) is 17.6. The monoisotopic (exact) mass is 406 g/mol. The topological polar surface area (TPSA) is 68.2 Å². The standard InChI is InChI=1S/C24H26N2O4/c1-24(2,3)30-23(28)26-12-11-21-19(14-26)18-13-17(9-10-20(18)25-21)22(27)29-15-16-7-5-4-6-8-16/h4-10,13,21H,11-12,14-15H2,1-3H3.